The molecular weight excluding hydrogens is 244 g/mol. The maximum Gasteiger partial charge on any atom is 0.251 e. The molecular formula is C14H22N2O3. The van der Waals surface area contributed by atoms with Crippen molar-refractivity contribution in [2.45, 2.75) is 26.2 Å². The number of ether oxygens (including phenoxy) is 2. The summed E-state index contributed by atoms with van der Waals surface area (Å²) in [6, 6.07) is 5.50. The van der Waals surface area contributed by atoms with Crippen LogP contribution in [0.4, 0.5) is 5.69 Å². The summed E-state index contributed by atoms with van der Waals surface area (Å²) in [7, 11) is 4.81. The number of nitrogens with one attached hydrogen (secondary N) is 2. The Morgan fingerprint density at radius 1 is 1.26 bits per heavy atom. The van der Waals surface area contributed by atoms with Crippen molar-refractivity contribution in [1.82, 2.24) is 5.32 Å². The Hall–Kier alpha value is -1.59. The van der Waals surface area contributed by atoms with E-state index in [9.17, 15) is 4.79 Å². The Morgan fingerprint density at radius 2 is 1.89 bits per heavy atom. The highest BCUT2D eigenvalue weighted by Crippen LogP contribution is 2.19. The molecule has 1 rings (SSSR count). The number of benzene rings is 1. The lowest BCUT2D eigenvalue weighted by Gasteiger charge is -2.24. The topological polar surface area (TPSA) is 59.6 Å². The number of rotatable bonds is 6. The van der Waals surface area contributed by atoms with Crippen molar-refractivity contribution in [3.63, 3.8) is 0 Å². The molecule has 0 heterocycles. The van der Waals surface area contributed by atoms with E-state index in [0.717, 1.165) is 11.3 Å². The predicted octanol–water partition coefficient (Wildman–Crippen LogP) is 1.77. The van der Waals surface area contributed by atoms with Crippen molar-refractivity contribution < 1.29 is 14.3 Å². The molecule has 0 saturated heterocycles. The highest BCUT2D eigenvalue weighted by atomic mass is 16.7. The number of aryl methyl sites for hydroxylation is 1. The molecule has 0 fully saturated rings. The van der Waals surface area contributed by atoms with Crippen molar-refractivity contribution in [2.24, 2.45) is 0 Å². The zero-order valence-corrected chi connectivity index (χ0v) is 12.1. The van der Waals surface area contributed by atoms with Crippen LogP contribution in [0.1, 0.15) is 22.8 Å². The van der Waals surface area contributed by atoms with E-state index >= 15 is 0 Å². The zero-order valence-electron chi connectivity index (χ0n) is 12.1. The smallest absolute Gasteiger partial charge is 0.251 e. The van der Waals surface area contributed by atoms with Crippen molar-refractivity contribution in [3.8, 4) is 0 Å². The number of methoxy groups -OCH3 is 2. The van der Waals surface area contributed by atoms with Crippen molar-refractivity contribution >= 4 is 11.6 Å². The molecule has 0 radical (unpaired) electrons. The zero-order chi connectivity index (χ0) is 14.4. The van der Waals surface area contributed by atoms with E-state index in [2.05, 4.69) is 10.6 Å². The van der Waals surface area contributed by atoms with Crippen LogP contribution in [0.15, 0.2) is 18.2 Å². The van der Waals surface area contributed by atoms with E-state index in [1.165, 1.54) is 0 Å². The molecule has 1 unspecified atom stereocenters. The molecule has 0 aromatic heterocycles. The second-order valence-electron chi connectivity index (χ2n) is 4.38. The third-order valence-corrected chi connectivity index (χ3v) is 2.98. The standard InChI is InChI=1S/C14H22N2O3/c1-9-6-7-11(13(17)15-3)8-12(9)16-10(2)14(18-4)19-5/h6-8,10,14,16H,1-5H3,(H,15,17). The van der Waals surface area contributed by atoms with Gasteiger partial charge in [0.25, 0.3) is 5.91 Å². The van der Waals surface area contributed by atoms with Crippen molar-refractivity contribution in [3.05, 3.63) is 29.3 Å². The van der Waals surface area contributed by atoms with Crippen LogP contribution >= 0.6 is 0 Å². The summed E-state index contributed by atoms with van der Waals surface area (Å²) in [4.78, 5) is 11.6. The van der Waals surface area contributed by atoms with Crippen LogP contribution in [0, 0.1) is 6.92 Å². The summed E-state index contributed by atoms with van der Waals surface area (Å²) < 4.78 is 10.4. The highest BCUT2D eigenvalue weighted by molar-refractivity contribution is 5.95. The van der Waals surface area contributed by atoms with E-state index in [0.29, 0.717) is 5.56 Å². The average molecular weight is 266 g/mol. The second-order valence-corrected chi connectivity index (χ2v) is 4.38. The van der Waals surface area contributed by atoms with Crippen LogP contribution in [0.2, 0.25) is 0 Å². The lowest BCUT2D eigenvalue weighted by atomic mass is 10.1. The first kappa shape index (κ1) is 15.5. The number of anilines is 1. The van der Waals surface area contributed by atoms with Gasteiger partial charge in [0.2, 0.25) is 0 Å². The second kappa shape index (κ2) is 7.11. The van der Waals surface area contributed by atoms with Gasteiger partial charge in [0, 0.05) is 32.5 Å². The first-order valence-electron chi connectivity index (χ1n) is 6.18. The van der Waals surface area contributed by atoms with Crippen LogP contribution < -0.4 is 10.6 Å². The van der Waals surface area contributed by atoms with Crippen LogP contribution in [-0.2, 0) is 9.47 Å². The Balaban J connectivity index is 2.90. The molecule has 1 aromatic carbocycles. The van der Waals surface area contributed by atoms with E-state index in [4.69, 9.17) is 9.47 Å². The molecule has 1 atom stereocenters. The first-order valence-corrected chi connectivity index (χ1v) is 6.18. The largest absolute Gasteiger partial charge is 0.377 e. The van der Waals surface area contributed by atoms with Gasteiger partial charge >= 0.3 is 0 Å². The fourth-order valence-corrected chi connectivity index (χ4v) is 1.88. The molecule has 0 aliphatic carbocycles. The van der Waals surface area contributed by atoms with Crippen LogP contribution in [0.3, 0.4) is 0 Å². The molecule has 0 aliphatic rings. The third kappa shape index (κ3) is 3.94. The van der Waals surface area contributed by atoms with Gasteiger partial charge in [-0.3, -0.25) is 4.79 Å². The van der Waals surface area contributed by atoms with Crippen LogP contribution in [-0.4, -0.2) is 39.5 Å². The van der Waals surface area contributed by atoms with Gasteiger partial charge in [-0.05, 0) is 31.5 Å². The molecule has 0 saturated carbocycles. The van der Waals surface area contributed by atoms with E-state index in [1.54, 1.807) is 27.3 Å². The number of hydrogen-bond donors (Lipinski definition) is 2. The lowest BCUT2D eigenvalue weighted by Crippen LogP contribution is -2.34. The average Bonchev–Trinajstić information content (AvgIpc) is 2.41. The third-order valence-electron chi connectivity index (χ3n) is 2.98. The van der Waals surface area contributed by atoms with E-state index in [1.807, 2.05) is 26.0 Å². The normalized spacial score (nSPS) is 12.3. The SMILES string of the molecule is CNC(=O)c1ccc(C)c(NC(C)C(OC)OC)c1. The summed E-state index contributed by atoms with van der Waals surface area (Å²) in [5.41, 5.74) is 2.58. The van der Waals surface area contributed by atoms with Crippen LogP contribution in [0.5, 0.6) is 0 Å². The summed E-state index contributed by atoms with van der Waals surface area (Å²) in [5.74, 6) is -0.106. The number of amides is 1. The fourth-order valence-electron chi connectivity index (χ4n) is 1.88. The molecule has 106 valence electrons. The molecule has 2 N–H and O–H groups in total. The van der Waals surface area contributed by atoms with Crippen molar-refractivity contribution in [1.29, 1.82) is 0 Å². The number of carbonyl (C=O) groups excluding carboxylic acids is 1. The van der Waals surface area contributed by atoms with Gasteiger partial charge in [-0.15, -0.1) is 0 Å². The van der Waals surface area contributed by atoms with Gasteiger partial charge in [0.15, 0.2) is 6.29 Å². The van der Waals surface area contributed by atoms with Gasteiger partial charge < -0.3 is 20.1 Å². The maximum absolute atomic E-state index is 11.6. The number of carbonyl (C=O) groups is 1. The Kier molecular flexibility index (Phi) is 5.79. The van der Waals surface area contributed by atoms with Crippen LogP contribution in [0.25, 0.3) is 0 Å². The molecule has 5 nitrogen and oxygen atoms in total. The minimum Gasteiger partial charge on any atom is -0.377 e. The molecule has 1 amide bonds. The van der Waals surface area contributed by atoms with Crippen molar-refractivity contribution in [2.75, 3.05) is 26.6 Å². The van der Waals surface area contributed by atoms with Gasteiger partial charge in [-0.1, -0.05) is 6.07 Å². The Bertz CT molecular complexity index is 431. The Labute approximate surface area is 114 Å². The van der Waals surface area contributed by atoms with Gasteiger partial charge in [-0.2, -0.15) is 0 Å². The summed E-state index contributed by atoms with van der Waals surface area (Å²) in [5, 5.41) is 5.91. The van der Waals surface area contributed by atoms with E-state index in [-0.39, 0.29) is 18.2 Å². The highest BCUT2D eigenvalue weighted by Gasteiger charge is 2.16. The molecule has 19 heavy (non-hydrogen) atoms. The molecule has 0 bridgehead atoms. The summed E-state index contributed by atoms with van der Waals surface area (Å²) in [6.45, 7) is 3.95. The molecule has 1 aromatic rings. The predicted molar refractivity (Wildman–Crippen MR) is 75.5 cm³/mol. The Morgan fingerprint density at radius 3 is 2.42 bits per heavy atom. The minimum atomic E-state index is -0.344. The van der Waals surface area contributed by atoms with Gasteiger partial charge in [0.1, 0.15) is 0 Å². The van der Waals surface area contributed by atoms with Gasteiger partial charge in [0.05, 0.1) is 6.04 Å². The van der Waals surface area contributed by atoms with Gasteiger partial charge in [-0.25, -0.2) is 0 Å². The fraction of sp³-hybridized carbons (Fsp3) is 0.500. The molecule has 0 spiro atoms. The minimum absolute atomic E-state index is 0.0337. The first-order chi connectivity index (χ1) is 9.03. The lowest BCUT2D eigenvalue weighted by molar-refractivity contribution is -0.109. The van der Waals surface area contributed by atoms with E-state index < -0.39 is 0 Å². The molecule has 5 heteroatoms. The summed E-state index contributed by atoms with van der Waals surface area (Å²) in [6.07, 6.45) is -0.344. The number of hydrogen-bond acceptors (Lipinski definition) is 4. The quantitative estimate of drug-likeness (QED) is 0.770. The molecule has 0 aliphatic heterocycles. The summed E-state index contributed by atoms with van der Waals surface area (Å²) >= 11 is 0. The maximum atomic E-state index is 11.6. The monoisotopic (exact) mass is 266 g/mol.